The van der Waals surface area contributed by atoms with E-state index >= 15 is 0 Å². The van der Waals surface area contributed by atoms with Gasteiger partial charge in [-0.2, -0.15) is 9.97 Å². The Balaban J connectivity index is 1.37. The van der Waals surface area contributed by atoms with Crippen molar-refractivity contribution >= 4 is 17.7 Å². The smallest absolute Gasteiger partial charge is 0.258 e. The molecule has 4 aliphatic carbocycles. The lowest BCUT2D eigenvalue weighted by atomic mass is 9.53. The summed E-state index contributed by atoms with van der Waals surface area (Å²) in [5.41, 5.74) is 0.0111. The van der Waals surface area contributed by atoms with E-state index in [-0.39, 0.29) is 24.2 Å². The first-order valence-corrected chi connectivity index (χ1v) is 11.2. The SMILES string of the molecule is CSc1nc(OCC(=O)NC23CC4CC(CC(C4)C2)C3)cc(OC(C)C)n1. The molecule has 1 aromatic heterocycles. The number of aromatic nitrogens is 2. The summed E-state index contributed by atoms with van der Waals surface area (Å²) in [5, 5.41) is 3.90. The molecule has 1 aromatic rings. The Hall–Kier alpha value is -1.50. The molecular formula is C20H29N3O3S. The lowest BCUT2D eigenvalue weighted by Crippen LogP contribution is -2.60. The van der Waals surface area contributed by atoms with E-state index in [1.807, 2.05) is 20.1 Å². The fraction of sp³-hybridized carbons (Fsp3) is 0.750. The lowest BCUT2D eigenvalue weighted by molar-refractivity contribution is -0.128. The number of thioether (sulfide) groups is 1. The van der Waals surface area contributed by atoms with Crippen LogP contribution in [0.25, 0.3) is 0 Å². The van der Waals surface area contributed by atoms with Crippen molar-refractivity contribution in [2.45, 2.75) is 69.2 Å². The molecule has 0 spiro atoms. The van der Waals surface area contributed by atoms with Crippen molar-refractivity contribution in [2.75, 3.05) is 12.9 Å². The highest BCUT2D eigenvalue weighted by atomic mass is 32.2. The van der Waals surface area contributed by atoms with Gasteiger partial charge in [-0.3, -0.25) is 4.79 Å². The number of rotatable bonds is 7. The van der Waals surface area contributed by atoms with Gasteiger partial charge in [-0.05, 0) is 76.4 Å². The number of nitrogens with one attached hydrogen (secondary N) is 1. The molecular weight excluding hydrogens is 362 g/mol. The minimum absolute atomic E-state index is 0.0111. The number of nitrogens with zero attached hydrogens (tertiary/aromatic N) is 2. The third-order valence-corrected chi connectivity index (χ3v) is 6.54. The molecule has 148 valence electrons. The van der Waals surface area contributed by atoms with E-state index in [0.29, 0.717) is 16.9 Å². The summed E-state index contributed by atoms with van der Waals surface area (Å²) in [5.74, 6) is 3.22. The summed E-state index contributed by atoms with van der Waals surface area (Å²) in [7, 11) is 0. The second-order valence-electron chi connectivity index (χ2n) is 8.73. The predicted molar refractivity (Wildman–Crippen MR) is 104 cm³/mol. The number of carbonyl (C=O) groups is 1. The fourth-order valence-electron chi connectivity index (χ4n) is 5.59. The van der Waals surface area contributed by atoms with Crippen molar-refractivity contribution in [3.8, 4) is 11.8 Å². The Morgan fingerprint density at radius 3 is 2.33 bits per heavy atom. The molecule has 0 atom stereocenters. The summed E-state index contributed by atoms with van der Waals surface area (Å²) in [6, 6.07) is 1.65. The Labute approximate surface area is 165 Å². The van der Waals surface area contributed by atoms with Crippen LogP contribution in [0.3, 0.4) is 0 Å². The first kappa shape index (κ1) is 18.8. The largest absolute Gasteiger partial charge is 0.475 e. The first-order chi connectivity index (χ1) is 12.9. The third-order valence-electron chi connectivity index (χ3n) is 5.99. The summed E-state index contributed by atoms with van der Waals surface area (Å²) >= 11 is 1.42. The highest BCUT2D eigenvalue weighted by molar-refractivity contribution is 7.98. The van der Waals surface area contributed by atoms with E-state index in [2.05, 4.69) is 15.3 Å². The van der Waals surface area contributed by atoms with E-state index in [1.165, 1.54) is 31.0 Å². The van der Waals surface area contributed by atoms with Crippen molar-refractivity contribution in [1.82, 2.24) is 15.3 Å². The van der Waals surface area contributed by atoms with E-state index in [0.717, 1.165) is 37.0 Å². The highest BCUT2D eigenvalue weighted by Gasteiger charge is 2.51. The van der Waals surface area contributed by atoms with E-state index < -0.39 is 0 Å². The zero-order chi connectivity index (χ0) is 19.0. The molecule has 7 heteroatoms. The average Bonchev–Trinajstić information content (AvgIpc) is 2.57. The molecule has 1 amide bonds. The maximum Gasteiger partial charge on any atom is 0.258 e. The van der Waals surface area contributed by atoms with Crippen LogP contribution in [0.5, 0.6) is 11.8 Å². The van der Waals surface area contributed by atoms with Crippen LogP contribution in [0.2, 0.25) is 0 Å². The van der Waals surface area contributed by atoms with Gasteiger partial charge in [0, 0.05) is 5.54 Å². The van der Waals surface area contributed by atoms with Crippen LogP contribution in [0, 0.1) is 17.8 Å². The second kappa shape index (κ2) is 7.49. The minimum atomic E-state index is -0.0485. The van der Waals surface area contributed by atoms with Crippen LogP contribution in [-0.2, 0) is 4.79 Å². The van der Waals surface area contributed by atoms with E-state index in [4.69, 9.17) is 9.47 Å². The Bertz CT molecular complexity index is 674. The molecule has 0 radical (unpaired) electrons. The molecule has 5 rings (SSSR count). The average molecular weight is 392 g/mol. The van der Waals surface area contributed by atoms with Gasteiger partial charge in [0.05, 0.1) is 12.2 Å². The van der Waals surface area contributed by atoms with Gasteiger partial charge in [-0.1, -0.05) is 11.8 Å². The molecule has 4 bridgehead atoms. The Kier molecular flexibility index (Phi) is 5.23. The molecule has 4 fully saturated rings. The molecule has 4 saturated carbocycles. The summed E-state index contributed by atoms with van der Waals surface area (Å²) in [6.45, 7) is 3.87. The number of amides is 1. The van der Waals surface area contributed by atoms with Crippen LogP contribution in [0.15, 0.2) is 11.2 Å². The number of hydrogen-bond acceptors (Lipinski definition) is 6. The standard InChI is InChI=1S/C20H29N3O3S/c1-12(2)26-18-7-17(21-19(22-18)27-3)25-11-16(24)23-20-8-13-4-14(9-20)6-15(5-13)10-20/h7,12-15H,4-6,8-11H2,1-3H3,(H,23,24). The molecule has 27 heavy (non-hydrogen) atoms. The quantitative estimate of drug-likeness (QED) is 0.567. The molecule has 6 nitrogen and oxygen atoms in total. The first-order valence-electron chi connectivity index (χ1n) is 9.96. The summed E-state index contributed by atoms with van der Waals surface area (Å²) in [4.78, 5) is 21.2. The molecule has 1 heterocycles. The molecule has 0 saturated heterocycles. The van der Waals surface area contributed by atoms with Crippen LogP contribution in [0.1, 0.15) is 52.4 Å². The molecule has 0 aromatic carbocycles. The predicted octanol–water partition coefficient (Wildman–Crippen LogP) is 3.45. The maximum absolute atomic E-state index is 12.6. The molecule has 0 aliphatic heterocycles. The van der Waals surface area contributed by atoms with Gasteiger partial charge in [-0.25, -0.2) is 0 Å². The monoisotopic (exact) mass is 391 g/mol. The fourth-order valence-corrected chi connectivity index (χ4v) is 5.95. The summed E-state index contributed by atoms with van der Waals surface area (Å²) in [6.07, 6.45) is 9.43. The van der Waals surface area contributed by atoms with Crippen molar-refractivity contribution in [3.05, 3.63) is 6.07 Å². The van der Waals surface area contributed by atoms with E-state index in [9.17, 15) is 4.79 Å². The van der Waals surface area contributed by atoms with Gasteiger partial charge in [0.25, 0.3) is 5.91 Å². The third kappa shape index (κ3) is 4.33. The summed E-state index contributed by atoms with van der Waals surface area (Å²) < 4.78 is 11.3. The van der Waals surface area contributed by atoms with Gasteiger partial charge < -0.3 is 14.8 Å². The minimum Gasteiger partial charge on any atom is -0.475 e. The van der Waals surface area contributed by atoms with Gasteiger partial charge >= 0.3 is 0 Å². The highest BCUT2D eigenvalue weighted by Crippen LogP contribution is 2.55. The van der Waals surface area contributed by atoms with Gasteiger partial charge in [0.2, 0.25) is 11.8 Å². The van der Waals surface area contributed by atoms with E-state index in [1.54, 1.807) is 6.07 Å². The van der Waals surface area contributed by atoms with Crippen molar-refractivity contribution in [1.29, 1.82) is 0 Å². The molecule has 1 N–H and O–H groups in total. The Morgan fingerprint density at radius 1 is 1.19 bits per heavy atom. The van der Waals surface area contributed by atoms with Crippen LogP contribution < -0.4 is 14.8 Å². The van der Waals surface area contributed by atoms with Gasteiger partial charge in [-0.15, -0.1) is 0 Å². The lowest BCUT2D eigenvalue weighted by Gasteiger charge is -2.56. The zero-order valence-electron chi connectivity index (χ0n) is 16.4. The number of hydrogen-bond donors (Lipinski definition) is 1. The van der Waals surface area contributed by atoms with Crippen molar-refractivity contribution < 1.29 is 14.3 Å². The van der Waals surface area contributed by atoms with Gasteiger partial charge in [0.15, 0.2) is 11.8 Å². The zero-order valence-corrected chi connectivity index (χ0v) is 17.2. The molecule has 4 aliphatic rings. The maximum atomic E-state index is 12.6. The topological polar surface area (TPSA) is 73.3 Å². The Morgan fingerprint density at radius 2 is 1.78 bits per heavy atom. The van der Waals surface area contributed by atoms with Crippen molar-refractivity contribution in [3.63, 3.8) is 0 Å². The number of carbonyl (C=O) groups excluding carboxylic acids is 1. The van der Waals surface area contributed by atoms with Gasteiger partial charge in [0.1, 0.15) is 0 Å². The molecule has 0 unspecified atom stereocenters. The van der Waals surface area contributed by atoms with Crippen molar-refractivity contribution in [2.24, 2.45) is 17.8 Å². The van der Waals surface area contributed by atoms with Crippen LogP contribution in [-0.4, -0.2) is 40.4 Å². The number of ether oxygens (including phenoxy) is 2. The van der Waals surface area contributed by atoms with Crippen LogP contribution >= 0.6 is 11.8 Å². The second-order valence-corrected chi connectivity index (χ2v) is 9.51. The normalized spacial score (nSPS) is 31.2. The van der Waals surface area contributed by atoms with Crippen LogP contribution in [0.4, 0.5) is 0 Å².